The quantitative estimate of drug-likeness (QED) is 0.435. The van der Waals surface area contributed by atoms with Gasteiger partial charge in [-0.3, -0.25) is 19.0 Å². The molecule has 3 rings (SSSR count). The van der Waals surface area contributed by atoms with Gasteiger partial charge in [-0.25, -0.2) is 0 Å². The van der Waals surface area contributed by atoms with Gasteiger partial charge in [0.25, 0.3) is 17.4 Å². The molecule has 2 amide bonds. The van der Waals surface area contributed by atoms with Crippen LogP contribution in [-0.4, -0.2) is 50.0 Å². The van der Waals surface area contributed by atoms with Crippen LogP contribution in [0.4, 0.5) is 0 Å². The van der Waals surface area contributed by atoms with E-state index in [1.807, 2.05) is 20.8 Å². The van der Waals surface area contributed by atoms with Crippen LogP contribution < -0.4 is 16.6 Å². The molecule has 0 spiro atoms. The highest BCUT2D eigenvalue weighted by molar-refractivity contribution is 5.96. The van der Waals surface area contributed by atoms with Crippen LogP contribution in [0.1, 0.15) is 49.7 Å². The Bertz CT molecular complexity index is 1040. The third-order valence-corrected chi connectivity index (χ3v) is 4.11. The van der Waals surface area contributed by atoms with Crippen LogP contribution in [-0.2, 0) is 16.2 Å². The number of hydrogen-bond acceptors (Lipinski definition) is 7. The molecular weight excluding hydrogens is 380 g/mol. The summed E-state index contributed by atoms with van der Waals surface area (Å²) in [5, 5.41) is 21.1. The van der Waals surface area contributed by atoms with E-state index in [4.69, 9.17) is 10.6 Å². The minimum absolute atomic E-state index is 0.0239. The Hall–Kier alpha value is -3.37. The number of rotatable bonds is 7. The van der Waals surface area contributed by atoms with Crippen molar-refractivity contribution in [2.75, 3.05) is 6.61 Å². The van der Waals surface area contributed by atoms with Gasteiger partial charge in [0.05, 0.1) is 6.21 Å². The lowest BCUT2D eigenvalue weighted by atomic mass is 9.97. The molecule has 0 aliphatic heterocycles. The van der Waals surface area contributed by atoms with Crippen molar-refractivity contribution >= 4 is 23.7 Å². The lowest BCUT2D eigenvalue weighted by Crippen LogP contribution is -2.37. The van der Waals surface area contributed by atoms with Gasteiger partial charge in [0, 0.05) is 18.7 Å². The number of fused-ring (bicyclic) bond motifs is 1. The molecular formula is C18H24N6O5. The summed E-state index contributed by atoms with van der Waals surface area (Å²) in [5.41, 5.74) is 4.28. The van der Waals surface area contributed by atoms with Crippen LogP contribution in [0.5, 0.6) is 5.88 Å². The van der Waals surface area contributed by atoms with Crippen molar-refractivity contribution in [2.24, 2.45) is 16.3 Å². The number of primary amides is 1. The summed E-state index contributed by atoms with van der Waals surface area (Å²) >= 11 is 0. The maximum absolute atomic E-state index is 13.1. The number of oxime groups is 1. The van der Waals surface area contributed by atoms with Gasteiger partial charge in [-0.1, -0.05) is 25.9 Å². The van der Waals surface area contributed by atoms with Gasteiger partial charge >= 0.3 is 0 Å². The molecule has 11 heteroatoms. The summed E-state index contributed by atoms with van der Waals surface area (Å²) in [4.78, 5) is 41.0. The standard InChI is InChI=1S/C18H24N6O5/c1-18(2,3)9-23-13-6-11(7-20-29-8-12(19)25)22-24(13)17(28)14(16(23)27)15(26)21-10-4-5-10/h6-7,10,28H,4-5,8-9H2,1-3H3,(H2,19,25)(H,21,26). The van der Waals surface area contributed by atoms with E-state index in [-0.39, 0.29) is 22.7 Å². The SMILES string of the molecule is CC(C)(C)Cn1c(=O)c(C(=O)NC2CC2)c(O)n2nc(C=NOCC(N)=O)cc12. The number of amides is 2. The Morgan fingerprint density at radius 3 is 2.72 bits per heavy atom. The van der Waals surface area contributed by atoms with E-state index < -0.39 is 29.9 Å². The number of carbonyl (C=O) groups is 2. The zero-order chi connectivity index (χ0) is 21.3. The van der Waals surface area contributed by atoms with Crippen molar-refractivity contribution in [3.63, 3.8) is 0 Å². The van der Waals surface area contributed by atoms with E-state index >= 15 is 0 Å². The van der Waals surface area contributed by atoms with E-state index in [0.717, 1.165) is 17.4 Å². The number of aromatic nitrogens is 3. The minimum atomic E-state index is -0.680. The highest BCUT2D eigenvalue weighted by Gasteiger charge is 2.30. The van der Waals surface area contributed by atoms with Gasteiger partial charge in [0.2, 0.25) is 5.88 Å². The Morgan fingerprint density at radius 2 is 2.14 bits per heavy atom. The first-order valence-electron chi connectivity index (χ1n) is 9.17. The van der Waals surface area contributed by atoms with Crippen molar-refractivity contribution in [1.82, 2.24) is 19.5 Å². The number of aromatic hydroxyl groups is 1. The molecule has 11 nitrogen and oxygen atoms in total. The van der Waals surface area contributed by atoms with E-state index in [1.54, 1.807) is 0 Å². The predicted molar refractivity (Wildman–Crippen MR) is 104 cm³/mol. The Balaban J connectivity index is 2.08. The molecule has 29 heavy (non-hydrogen) atoms. The van der Waals surface area contributed by atoms with Gasteiger partial charge in [-0.15, -0.1) is 0 Å². The molecule has 0 atom stereocenters. The van der Waals surface area contributed by atoms with Crippen molar-refractivity contribution in [2.45, 2.75) is 46.2 Å². The minimum Gasteiger partial charge on any atom is -0.492 e. The molecule has 1 fully saturated rings. The first-order valence-corrected chi connectivity index (χ1v) is 9.17. The first-order chi connectivity index (χ1) is 13.6. The maximum Gasteiger partial charge on any atom is 0.270 e. The zero-order valence-corrected chi connectivity index (χ0v) is 16.5. The molecule has 0 saturated heterocycles. The smallest absolute Gasteiger partial charge is 0.270 e. The number of hydrogen-bond donors (Lipinski definition) is 3. The fraction of sp³-hybridized carbons (Fsp3) is 0.500. The second-order valence-electron chi connectivity index (χ2n) is 8.21. The molecule has 1 aliphatic carbocycles. The summed E-state index contributed by atoms with van der Waals surface area (Å²) in [6, 6.07) is 1.54. The van der Waals surface area contributed by atoms with Crippen molar-refractivity contribution < 1.29 is 19.5 Å². The monoisotopic (exact) mass is 404 g/mol. The van der Waals surface area contributed by atoms with Gasteiger partial charge in [-0.2, -0.15) is 9.61 Å². The van der Waals surface area contributed by atoms with Crippen LogP contribution in [0.3, 0.4) is 0 Å². The molecule has 4 N–H and O–H groups in total. The normalized spacial score (nSPS) is 14.4. The number of carbonyl (C=O) groups excluding carboxylic acids is 2. The van der Waals surface area contributed by atoms with Crippen LogP contribution in [0.15, 0.2) is 16.0 Å². The fourth-order valence-electron chi connectivity index (χ4n) is 2.74. The molecule has 0 unspecified atom stereocenters. The average molecular weight is 404 g/mol. The van der Waals surface area contributed by atoms with E-state index in [0.29, 0.717) is 12.2 Å². The molecule has 2 aromatic heterocycles. The summed E-state index contributed by atoms with van der Waals surface area (Å²) < 4.78 is 2.51. The molecule has 1 aliphatic rings. The predicted octanol–water partition coefficient (Wildman–Crippen LogP) is -0.0243. The average Bonchev–Trinajstić information content (AvgIpc) is 3.30. The second kappa shape index (κ2) is 7.57. The van der Waals surface area contributed by atoms with Gasteiger partial charge in [-0.05, 0) is 18.3 Å². The highest BCUT2D eigenvalue weighted by Crippen LogP contribution is 2.23. The summed E-state index contributed by atoms with van der Waals surface area (Å²) in [6.45, 7) is 5.74. The van der Waals surface area contributed by atoms with E-state index in [2.05, 4.69) is 15.6 Å². The zero-order valence-electron chi connectivity index (χ0n) is 16.5. The number of nitrogens with one attached hydrogen (secondary N) is 1. The van der Waals surface area contributed by atoms with Crippen molar-refractivity contribution in [3.8, 4) is 5.88 Å². The Labute approximate surface area is 166 Å². The third-order valence-electron chi connectivity index (χ3n) is 4.11. The van der Waals surface area contributed by atoms with Gasteiger partial charge in [0.15, 0.2) is 12.2 Å². The lowest BCUT2D eigenvalue weighted by Gasteiger charge is -2.21. The highest BCUT2D eigenvalue weighted by atomic mass is 16.6. The lowest BCUT2D eigenvalue weighted by molar-refractivity contribution is -0.122. The molecule has 0 radical (unpaired) electrons. The summed E-state index contributed by atoms with van der Waals surface area (Å²) in [6.07, 6.45) is 2.91. The fourth-order valence-corrected chi connectivity index (χ4v) is 2.74. The number of nitrogens with two attached hydrogens (primary N) is 1. The third kappa shape index (κ3) is 4.73. The Kier molecular flexibility index (Phi) is 5.31. The number of nitrogens with zero attached hydrogens (tertiary/aromatic N) is 4. The van der Waals surface area contributed by atoms with E-state index in [9.17, 15) is 19.5 Å². The topological polar surface area (TPSA) is 153 Å². The summed E-state index contributed by atoms with van der Waals surface area (Å²) in [7, 11) is 0. The molecule has 1 saturated carbocycles. The van der Waals surface area contributed by atoms with Crippen molar-refractivity contribution in [3.05, 3.63) is 27.7 Å². The van der Waals surface area contributed by atoms with Crippen LogP contribution in [0.2, 0.25) is 0 Å². The maximum atomic E-state index is 13.1. The Morgan fingerprint density at radius 1 is 1.45 bits per heavy atom. The van der Waals surface area contributed by atoms with E-state index in [1.165, 1.54) is 16.8 Å². The molecule has 0 aromatic carbocycles. The second-order valence-corrected chi connectivity index (χ2v) is 8.21. The first kappa shape index (κ1) is 20.4. The largest absolute Gasteiger partial charge is 0.492 e. The van der Waals surface area contributed by atoms with Crippen LogP contribution in [0.25, 0.3) is 5.65 Å². The van der Waals surface area contributed by atoms with Gasteiger partial charge < -0.3 is 21.0 Å². The van der Waals surface area contributed by atoms with Gasteiger partial charge in [0.1, 0.15) is 11.3 Å². The molecule has 2 aromatic rings. The molecule has 156 valence electrons. The van der Waals surface area contributed by atoms with Crippen molar-refractivity contribution in [1.29, 1.82) is 0 Å². The molecule has 2 heterocycles. The molecule has 0 bridgehead atoms. The van der Waals surface area contributed by atoms with Crippen LogP contribution in [0, 0.1) is 5.41 Å². The van der Waals surface area contributed by atoms with Crippen LogP contribution >= 0.6 is 0 Å². The summed E-state index contributed by atoms with van der Waals surface area (Å²) in [5.74, 6) is -1.86.